The lowest BCUT2D eigenvalue weighted by Crippen LogP contribution is -2.24. The highest BCUT2D eigenvalue weighted by Gasteiger charge is 2.09. The van der Waals surface area contributed by atoms with Crippen LogP contribution in [0.4, 0.5) is 5.82 Å². The van der Waals surface area contributed by atoms with Crippen LogP contribution in [0.5, 0.6) is 5.75 Å². The van der Waals surface area contributed by atoms with Crippen LogP contribution in [0.15, 0.2) is 60.9 Å². The Morgan fingerprint density at radius 2 is 1.81 bits per heavy atom. The summed E-state index contributed by atoms with van der Waals surface area (Å²) in [6.45, 7) is 3.10. The van der Waals surface area contributed by atoms with E-state index >= 15 is 0 Å². The van der Waals surface area contributed by atoms with Gasteiger partial charge in [0.05, 0.1) is 7.11 Å². The van der Waals surface area contributed by atoms with Gasteiger partial charge >= 0.3 is 0 Å². The number of hydrogen-bond donors (Lipinski definition) is 2. The number of methoxy groups -OCH3 is 1. The molecule has 2 N–H and O–H groups in total. The van der Waals surface area contributed by atoms with Crippen LogP contribution in [0.3, 0.4) is 0 Å². The second-order valence-electron chi connectivity index (χ2n) is 6.16. The van der Waals surface area contributed by atoms with Gasteiger partial charge in [-0.05, 0) is 30.2 Å². The average Bonchev–Trinajstić information content (AvgIpc) is 2.71. The van der Waals surface area contributed by atoms with E-state index in [1.165, 1.54) is 11.9 Å². The fourth-order valence-electron chi connectivity index (χ4n) is 2.61. The zero-order chi connectivity index (χ0) is 19.1. The number of rotatable bonds is 7. The number of benzene rings is 2. The summed E-state index contributed by atoms with van der Waals surface area (Å²) in [6.07, 6.45) is 1.39. The fourth-order valence-corrected chi connectivity index (χ4v) is 2.61. The van der Waals surface area contributed by atoms with E-state index in [1.54, 1.807) is 13.2 Å². The van der Waals surface area contributed by atoms with Crippen molar-refractivity contribution < 1.29 is 9.53 Å². The van der Waals surface area contributed by atoms with Crippen LogP contribution in [0, 0.1) is 6.92 Å². The summed E-state index contributed by atoms with van der Waals surface area (Å²) in [5.74, 6) is 1.15. The number of nitrogens with zero attached hydrogens (tertiary/aromatic N) is 2. The lowest BCUT2D eigenvalue weighted by atomic mass is 10.1. The molecule has 0 fully saturated rings. The minimum atomic E-state index is -0.244. The third-order valence-corrected chi connectivity index (χ3v) is 4.07. The summed E-state index contributed by atoms with van der Waals surface area (Å²) >= 11 is 0. The van der Waals surface area contributed by atoms with Crippen molar-refractivity contribution in [1.82, 2.24) is 15.3 Å². The molecular formula is C21H22N4O2. The summed E-state index contributed by atoms with van der Waals surface area (Å²) in [5.41, 5.74) is 3.66. The number of anilines is 1. The zero-order valence-corrected chi connectivity index (χ0v) is 15.4. The third kappa shape index (κ3) is 5.28. The molecule has 27 heavy (non-hydrogen) atoms. The predicted molar refractivity (Wildman–Crippen MR) is 105 cm³/mol. The van der Waals surface area contributed by atoms with Gasteiger partial charge in [0.1, 0.15) is 23.6 Å². The molecule has 1 heterocycles. The van der Waals surface area contributed by atoms with Gasteiger partial charge in [-0.3, -0.25) is 4.79 Å². The molecule has 6 heteroatoms. The SMILES string of the molecule is COc1ccc(CNC(=O)c2cc(NCc3cccc(C)c3)ncn2)cc1. The average molecular weight is 362 g/mol. The first-order valence-corrected chi connectivity index (χ1v) is 8.66. The second-order valence-corrected chi connectivity index (χ2v) is 6.16. The summed E-state index contributed by atoms with van der Waals surface area (Å²) in [4.78, 5) is 20.6. The van der Waals surface area contributed by atoms with E-state index in [9.17, 15) is 4.79 Å². The normalized spacial score (nSPS) is 10.3. The maximum Gasteiger partial charge on any atom is 0.270 e. The van der Waals surface area contributed by atoms with Crippen molar-refractivity contribution in [2.45, 2.75) is 20.0 Å². The monoisotopic (exact) mass is 362 g/mol. The molecule has 0 aliphatic rings. The smallest absolute Gasteiger partial charge is 0.270 e. The van der Waals surface area contributed by atoms with E-state index in [4.69, 9.17) is 4.74 Å². The summed E-state index contributed by atoms with van der Waals surface area (Å²) in [6, 6.07) is 17.4. The molecule has 1 aromatic heterocycles. The maximum absolute atomic E-state index is 12.4. The Labute approximate surface area is 158 Å². The Hall–Kier alpha value is -3.41. The number of carbonyl (C=O) groups is 1. The fraction of sp³-hybridized carbons (Fsp3) is 0.190. The summed E-state index contributed by atoms with van der Waals surface area (Å²) in [5, 5.41) is 6.09. The molecular weight excluding hydrogens is 340 g/mol. The van der Waals surface area contributed by atoms with Crippen molar-refractivity contribution in [3.8, 4) is 5.75 Å². The molecule has 138 valence electrons. The highest BCUT2D eigenvalue weighted by atomic mass is 16.5. The highest BCUT2D eigenvalue weighted by molar-refractivity contribution is 5.92. The van der Waals surface area contributed by atoms with Gasteiger partial charge in [0, 0.05) is 19.2 Å². The molecule has 0 radical (unpaired) electrons. The lowest BCUT2D eigenvalue weighted by molar-refractivity contribution is 0.0946. The summed E-state index contributed by atoms with van der Waals surface area (Å²) in [7, 11) is 1.62. The molecule has 0 saturated carbocycles. The molecule has 1 amide bonds. The molecule has 3 rings (SSSR count). The van der Waals surface area contributed by atoms with Crippen LogP contribution in [-0.4, -0.2) is 23.0 Å². The summed E-state index contributed by atoms with van der Waals surface area (Å²) < 4.78 is 5.13. The van der Waals surface area contributed by atoms with Crippen molar-refractivity contribution in [2.75, 3.05) is 12.4 Å². The van der Waals surface area contributed by atoms with Gasteiger partial charge in [0.15, 0.2) is 0 Å². The van der Waals surface area contributed by atoms with Gasteiger partial charge in [-0.25, -0.2) is 9.97 Å². The molecule has 0 atom stereocenters. The predicted octanol–water partition coefficient (Wildman–Crippen LogP) is 3.34. The Morgan fingerprint density at radius 1 is 1.00 bits per heavy atom. The topological polar surface area (TPSA) is 76.1 Å². The maximum atomic E-state index is 12.4. The molecule has 0 aliphatic heterocycles. The van der Waals surface area contributed by atoms with Crippen molar-refractivity contribution in [2.24, 2.45) is 0 Å². The van der Waals surface area contributed by atoms with Crippen LogP contribution in [0.2, 0.25) is 0 Å². The molecule has 0 saturated heterocycles. The van der Waals surface area contributed by atoms with Gasteiger partial charge in [-0.1, -0.05) is 42.0 Å². The minimum Gasteiger partial charge on any atom is -0.497 e. The van der Waals surface area contributed by atoms with Crippen molar-refractivity contribution in [1.29, 1.82) is 0 Å². The van der Waals surface area contributed by atoms with Crippen LogP contribution >= 0.6 is 0 Å². The standard InChI is InChI=1S/C21H22N4O2/c1-15-4-3-5-17(10-15)13-22-20-11-19(24-14-25-20)21(26)23-12-16-6-8-18(27-2)9-7-16/h3-11,14H,12-13H2,1-2H3,(H,23,26)(H,22,24,25). The molecule has 3 aromatic rings. The van der Waals surface area contributed by atoms with Crippen molar-refractivity contribution >= 4 is 11.7 Å². The Kier molecular flexibility index (Phi) is 5.99. The van der Waals surface area contributed by atoms with E-state index < -0.39 is 0 Å². The van der Waals surface area contributed by atoms with Crippen LogP contribution in [-0.2, 0) is 13.1 Å². The lowest BCUT2D eigenvalue weighted by Gasteiger charge is -2.09. The number of hydrogen-bond acceptors (Lipinski definition) is 5. The number of carbonyl (C=O) groups excluding carboxylic acids is 1. The van der Waals surface area contributed by atoms with Gasteiger partial charge in [0.2, 0.25) is 0 Å². The van der Waals surface area contributed by atoms with E-state index in [1.807, 2.05) is 36.4 Å². The van der Waals surface area contributed by atoms with E-state index in [0.717, 1.165) is 16.9 Å². The van der Waals surface area contributed by atoms with Crippen molar-refractivity contribution in [3.63, 3.8) is 0 Å². The van der Waals surface area contributed by atoms with Crippen molar-refractivity contribution in [3.05, 3.63) is 83.3 Å². The van der Waals surface area contributed by atoms with Crippen LogP contribution in [0.25, 0.3) is 0 Å². The van der Waals surface area contributed by atoms with E-state index in [0.29, 0.717) is 24.6 Å². The Balaban J connectivity index is 1.57. The molecule has 2 aromatic carbocycles. The number of amides is 1. The van der Waals surface area contributed by atoms with Gasteiger partial charge in [-0.15, -0.1) is 0 Å². The first-order valence-electron chi connectivity index (χ1n) is 8.66. The minimum absolute atomic E-state index is 0.244. The van der Waals surface area contributed by atoms with E-state index in [2.05, 4.69) is 39.7 Å². The van der Waals surface area contributed by atoms with Gasteiger partial charge < -0.3 is 15.4 Å². The number of ether oxygens (including phenoxy) is 1. The van der Waals surface area contributed by atoms with Gasteiger partial charge in [0.25, 0.3) is 5.91 Å². The van der Waals surface area contributed by atoms with Crippen LogP contribution in [0.1, 0.15) is 27.2 Å². The second kappa shape index (κ2) is 8.80. The molecule has 0 spiro atoms. The highest BCUT2D eigenvalue weighted by Crippen LogP contribution is 2.12. The first-order chi connectivity index (χ1) is 13.1. The molecule has 0 bridgehead atoms. The largest absolute Gasteiger partial charge is 0.497 e. The van der Waals surface area contributed by atoms with Crippen LogP contribution < -0.4 is 15.4 Å². The Bertz CT molecular complexity index is 910. The Morgan fingerprint density at radius 3 is 2.56 bits per heavy atom. The number of nitrogens with one attached hydrogen (secondary N) is 2. The molecule has 0 aliphatic carbocycles. The van der Waals surface area contributed by atoms with Gasteiger partial charge in [-0.2, -0.15) is 0 Å². The first kappa shape index (κ1) is 18.4. The third-order valence-electron chi connectivity index (χ3n) is 4.07. The quantitative estimate of drug-likeness (QED) is 0.674. The molecule has 6 nitrogen and oxygen atoms in total. The zero-order valence-electron chi connectivity index (χ0n) is 15.4. The van der Waals surface area contributed by atoms with E-state index in [-0.39, 0.29) is 5.91 Å². The molecule has 0 unspecified atom stereocenters. The number of aromatic nitrogens is 2. The number of aryl methyl sites for hydroxylation is 1.